The smallest absolute Gasteiger partial charge is 0.307 e. The predicted octanol–water partition coefficient (Wildman–Crippen LogP) is 14.4. The Labute approximate surface area is 333 Å². The minimum atomic E-state index is -4.55. The minimum absolute atomic E-state index is 0.267. The molecule has 0 radical (unpaired) electrons. The molecule has 0 bridgehead atoms. The van der Waals surface area contributed by atoms with Gasteiger partial charge in [0.05, 0.1) is 50.6 Å². The SMILES string of the molecule is Cc1cccc(-c2ccc3c(c2)c2ccccc2n3-c2cc(C#N)c(-c3cccc(C(F)(F)F)c3)cc2-n2c3ccccc3c3cc(-c4cccc(C)c4)ccc32)c1. The number of nitriles is 1. The van der Waals surface area contributed by atoms with Crippen LogP contribution >= 0.6 is 0 Å². The van der Waals surface area contributed by atoms with Crippen LogP contribution < -0.4 is 0 Å². The zero-order valence-corrected chi connectivity index (χ0v) is 31.6. The summed E-state index contributed by atoms with van der Waals surface area (Å²) >= 11 is 0. The monoisotopic (exact) mass is 757 g/mol. The zero-order chi connectivity index (χ0) is 39.7. The Hall–Kier alpha value is -7.36. The summed E-state index contributed by atoms with van der Waals surface area (Å²) in [7, 11) is 0. The molecule has 0 amide bonds. The number of hydrogen-bond acceptors (Lipinski definition) is 1. The van der Waals surface area contributed by atoms with Gasteiger partial charge in [0.15, 0.2) is 0 Å². The molecule has 0 fully saturated rings. The van der Waals surface area contributed by atoms with Crippen molar-refractivity contribution in [2.24, 2.45) is 0 Å². The lowest BCUT2D eigenvalue weighted by Crippen LogP contribution is -2.06. The predicted molar refractivity (Wildman–Crippen MR) is 231 cm³/mol. The molecule has 0 aliphatic carbocycles. The van der Waals surface area contributed by atoms with E-state index in [0.29, 0.717) is 11.1 Å². The number of halogens is 3. The maximum atomic E-state index is 14.1. The number of para-hydroxylation sites is 2. The molecule has 0 saturated carbocycles. The summed E-state index contributed by atoms with van der Waals surface area (Å²) in [6.07, 6.45) is -4.55. The normalized spacial score (nSPS) is 11.9. The molecular formula is C52H34F3N3. The molecule has 0 atom stereocenters. The third kappa shape index (κ3) is 5.74. The van der Waals surface area contributed by atoms with Gasteiger partial charge in [0.1, 0.15) is 0 Å². The first-order chi connectivity index (χ1) is 28.2. The van der Waals surface area contributed by atoms with Crippen molar-refractivity contribution >= 4 is 43.6 Å². The van der Waals surface area contributed by atoms with Crippen molar-refractivity contribution < 1.29 is 13.2 Å². The standard InChI is InChI=1S/C52H34F3N3/c1-32-10-7-12-34(24-32)36-20-22-48-44(27-36)41-16-3-5-18-46(41)57(48)50-29-39(31-56)43(38-14-9-15-40(26-38)52(53,54)55)30-51(50)58-47-19-6-4-17-42(47)45-28-37(21-23-49(45)58)35-13-8-11-33(2)25-35/h3-30H,1-2H3. The van der Waals surface area contributed by atoms with E-state index in [2.05, 4.69) is 138 Å². The van der Waals surface area contributed by atoms with E-state index in [-0.39, 0.29) is 5.56 Å². The molecule has 6 heteroatoms. The fourth-order valence-corrected chi connectivity index (χ4v) is 8.60. The van der Waals surface area contributed by atoms with E-state index >= 15 is 0 Å². The van der Waals surface area contributed by atoms with E-state index in [4.69, 9.17) is 0 Å². The van der Waals surface area contributed by atoms with Crippen molar-refractivity contribution in [2.45, 2.75) is 20.0 Å². The van der Waals surface area contributed by atoms with Gasteiger partial charge in [0.25, 0.3) is 0 Å². The van der Waals surface area contributed by atoms with Crippen molar-refractivity contribution in [1.29, 1.82) is 5.26 Å². The van der Waals surface area contributed by atoms with Crippen LogP contribution in [0.15, 0.2) is 170 Å². The maximum Gasteiger partial charge on any atom is 0.416 e. The highest BCUT2D eigenvalue weighted by Gasteiger charge is 2.31. The first-order valence-corrected chi connectivity index (χ1v) is 19.1. The Bertz CT molecular complexity index is 3320. The number of nitrogens with zero attached hydrogens (tertiary/aromatic N) is 3. The Morgan fingerprint density at radius 3 is 1.41 bits per heavy atom. The molecule has 10 rings (SSSR count). The van der Waals surface area contributed by atoms with Gasteiger partial charge in [-0.3, -0.25) is 0 Å². The molecule has 0 unspecified atom stereocenters. The van der Waals surface area contributed by atoms with Crippen molar-refractivity contribution in [1.82, 2.24) is 9.13 Å². The first kappa shape index (κ1) is 35.1. The van der Waals surface area contributed by atoms with Gasteiger partial charge in [-0.15, -0.1) is 0 Å². The lowest BCUT2D eigenvalue weighted by atomic mass is 9.96. The maximum absolute atomic E-state index is 14.1. The largest absolute Gasteiger partial charge is 0.416 e. The van der Waals surface area contributed by atoms with E-state index in [1.165, 1.54) is 17.2 Å². The molecule has 2 heterocycles. The molecule has 0 aliphatic rings. The zero-order valence-electron chi connectivity index (χ0n) is 31.6. The number of fused-ring (bicyclic) bond motifs is 6. The summed E-state index contributed by atoms with van der Waals surface area (Å²) in [4.78, 5) is 0. The molecule has 0 spiro atoms. The second-order valence-corrected chi connectivity index (χ2v) is 15.0. The number of benzene rings is 8. The average molecular weight is 758 g/mol. The highest BCUT2D eigenvalue weighted by Crippen LogP contribution is 2.43. The van der Waals surface area contributed by atoms with E-state index in [1.54, 1.807) is 6.07 Å². The number of hydrogen-bond donors (Lipinski definition) is 0. The van der Waals surface area contributed by atoms with Crippen molar-refractivity contribution in [2.75, 3.05) is 0 Å². The Morgan fingerprint density at radius 2 is 0.897 bits per heavy atom. The van der Waals surface area contributed by atoms with Crippen LogP contribution in [0.3, 0.4) is 0 Å². The molecule has 10 aromatic rings. The number of rotatable bonds is 5. The molecule has 0 saturated heterocycles. The fourth-order valence-electron chi connectivity index (χ4n) is 8.60. The second-order valence-electron chi connectivity index (χ2n) is 15.0. The Morgan fingerprint density at radius 1 is 0.431 bits per heavy atom. The van der Waals surface area contributed by atoms with Gasteiger partial charge in [-0.05, 0) is 102 Å². The highest BCUT2D eigenvalue weighted by molar-refractivity contribution is 6.13. The van der Waals surface area contributed by atoms with Gasteiger partial charge in [-0.2, -0.15) is 18.4 Å². The van der Waals surface area contributed by atoms with Crippen LogP contribution in [0.2, 0.25) is 0 Å². The fraction of sp³-hybridized carbons (Fsp3) is 0.0577. The van der Waals surface area contributed by atoms with Crippen LogP contribution in [-0.2, 0) is 6.18 Å². The number of aryl methyl sites for hydroxylation is 2. The van der Waals surface area contributed by atoms with Gasteiger partial charge in [-0.1, -0.05) is 120 Å². The lowest BCUT2D eigenvalue weighted by Gasteiger charge is -2.20. The van der Waals surface area contributed by atoms with Gasteiger partial charge in [0, 0.05) is 27.1 Å². The van der Waals surface area contributed by atoms with Crippen LogP contribution in [0.5, 0.6) is 0 Å². The van der Waals surface area contributed by atoms with Crippen LogP contribution in [-0.4, -0.2) is 9.13 Å². The summed E-state index contributed by atoms with van der Waals surface area (Å²) in [6.45, 7) is 4.17. The summed E-state index contributed by atoms with van der Waals surface area (Å²) in [5.74, 6) is 0. The van der Waals surface area contributed by atoms with Crippen molar-refractivity contribution in [3.63, 3.8) is 0 Å². The van der Waals surface area contributed by atoms with E-state index in [9.17, 15) is 18.4 Å². The third-order valence-corrected chi connectivity index (χ3v) is 11.3. The Kier molecular flexibility index (Phi) is 8.10. The van der Waals surface area contributed by atoms with Crippen LogP contribution in [0.4, 0.5) is 13.2 Å². The molecule has 3 nitrogen and oxygen atoms in total. The summed E-state index contributed by atoms with van der Waals surface area (Å²) in [5, 5.41) is 14.9. The van der Waals surface area contributed by atoms with Crippen LogP contribution in [0.25, 0.3) is 88.4 Å². The molecule has 0 N–H and O–H groups in total. The van der Waals surface area contributed by atoms with Crippen LogP contribution in [0, 0.1) is 25.2 Å². The van der Waals surface area contributed by atoms with Crippen molar-refractivity contribution in [3.05, 3.63) is 192 Å². The Balaban J connectivity index is 1.31. The van der Waals surface area contributed by atoms with E-state index < -0.39 is 11.7 Å². The summed E-state index contributed by atoms with van der Waals surface area (Å²) in [5.41, 5.74) is 12.2. The summed E-state index contributed by atoms with van der Waals surface area (Å²) < 4.78 is 46.8. The lowest BCUT2D eigenvalue weighted by molar-refractivity contribution is -0.137. The van der Waals surface area contributed by atoms with Gasteiger partial charge in [0.2, 0.25) is 0 Å². The first-order valence-electron chi connectivity index (χ1n) is 19.1. The van der Waals surface area contributed by atoms with Crippen molar-refractivity contribution in [3.8, 4) is 50.8 Å². The molecule has 2 aromatic heterocycles. The van der Waals surface area contributed by atoms with Crippen LogP contribution in [0.1, 0.15) is 22.3 Å². The molecular weight excluding hydrogens is 724 g/mol. The third-order valence-electron chi connectivity index (χ3n) is 11.3. The summed E-state index contributed by atoms with van der Waals surface area (Å²) in [6, 6.07) is 57.6. The van der Waals surface area contributed by atoms with E-state index in [0.717, 1.165) is 89.4 Å². The van der Waals surface area contributed by atoms with Gasteiger partial charge >= 0.3 is 6.18 Å². The number of aromatic nitrogens is 2. The quantitative estimate of drug-likeness (QED) is 0.172. The molecule has 278 valence electrons. The minimum Gasteiger partial charge on any atom is -0.307 e. The molecule has 8 aromatic carbocycles. The number of alkyl halides is 3. The second kappa shape index (κ2) is 13.4. The highest BCUT2D eigenvalue weighted by atomic mass is 19.4. The van der Waals surface area contributed by atoms with E-state index in [1.807, 2.05) is 36.4 Å². The van der Waals surface area contributed by atoms with Gasteiger partial charge in [-0.25, -0.2) is 0 Å². The topological polar surface area (TPSA) is 33.6 Å². The van der Waals surface area contributed by atoms with Gasteiger partial charge < -0.3 is 9.13 Å². The molecule has 0 aliphatic heterocycles. The average Bonchev–Trinajstić information content (AvgIpc) is 3.75. The molecule has 58 heavy (non-hydrogen) atoms.